The molecule has 6 heteroatoms. The number of ether oxygens (including phenoxy) is 1. The summed E-state index contributed by atoms with van der Waals surface area (Å²) in [4.78, 5) is 19.2. The summed E-state index contributed by atoms with van der Waals surface area (Å²) in [6, 6.07) is 18.4. The molecule has 0 fully saturated rings. The zero-order valence-corrected chi connectivity index (χ0v) is 15.9. The fraction of sp³-hybridized carbons (Fsp3) is 0.143. The van der Waals surface area contributed by atoms with Crippen LogP contribution in [0, 0.1) is 0 Å². The van der Waals surface area contributed by atoms with Crippen LogP contribution < -0.4 is 15.0 Å². The number of para-hydroxylation sites is 1. The van der Waals surface area contributed by atoms with Crippen molar-refractivity contribution < 1.29 is 9.53 Å². The van der Waals surface area contributed by atoms with Gasteiger partial charge in [-0.2, -0.15) is 0 Å². The summed E-state index contributed by atoms with van der Waals surface area (Å²) in [5, 5.41) is 3.36. The van der Waals surface area contributed by atoms with Crippen molar-refractivity contribution in [1.82, 2.24) is 4.98 Å². The molecule has 2 aromatic carbocycles. The Morgan fingerprint density at radius 3 is 2.63 bits per heavy atom. The average molecular weight is 382 g/mol. The third-order valence-electron chi connectivity index (χ3n) is 4.08. The van der Waals surface area contributed by atoms with Crippen molar-refractivity contribution >= 4 is 34.7 Å². The second-order valence-corrected chi connectivity index (χ2v) is 6.22. The van der Waals surface area contributed by atoms with Crippen molar-refractivity contribution in [1.29, 1.82) is 0 Å². The molecule has 3 aromatic rings. The monoisotopic (exact) mass is 381 g/mol. The molecule has 1 aromatic heterocycles. The fourth-order valence-electron chi connectivity index (χ4n) is 2.76. The Hall–Kier alpha value is -3.05. The van der Waals surface area contributed by atoms with Crippen molar-refractivity contribution in [3.63, 3.8) is 0 Å². The maximum absolute atomic E-state index is 12.7. The molecule has 0 saturated carbocycles. The smallest absolute Gasteiger partial charge is 0.255 e. The molecule has 1 amide bonds. The van der Waals surface area contributed by atoms with Crippen molar-refractivity contribution in [2.24, 2.45) is 0 Å². The van der Waals surface area contributed by atoms with E-state index in [1.54, 1.807) is 43.6 Å². The molecule has 0 spiro atoms. The first-order chi connectivity index (χ1) is 13.1. The van der Waals surface area contributed by atoms with Gasteiger partial charge < -0.3 is 15.0 Å². The lowest BCUT2D eigenvalue weighted by molar-refractivity contribution is 0.102. The molecule has 5 nitrogen and oxygen atoms in total. The molecule has 0 unspecified atom stereocenters. The van der Waals surface area contributed by atoms with E-state index in [1.165, 1.54) is 0 Å². The second-order valence-electron chi connectivity index (χ2n) is 5.78. The molecule has 0 bridgehead atoms. The predicted molar refractivity (Wildman–Crippen MR) is 109 cm³/mol. The van der Waals surface area contributed by atoms with Crippen LogP contribution in [0.1, 0.15) is 17.3 Å². The number of rotatable bonds is 6. The van der Waals surface area contributed by atoms with Crippen LogP contribution in [0.3, 0.4) is 0 Å². The molecule has 0 radical (unpaired) electrons. The van der Waals surface area contributed by atoms with Crippen LogP contribution in [0.15, 0.2) is 66.9 Å². The van der Waals surface area contributed by atoms with Gasteiger partial charge in [-0.25, -0.2) is 4.98 Å². The molecule has 3 rings (SSSR count). The number of methoxy groups -OCH3 is 1. The first-order valence-corrected chi connectivity index (χ1v) is 8.93. The number of carbonyl (C=O) groups is 1. The lowest BCUT2D eigenvalue weighted by Crippen LogP contribution is -2.19. The van der Waals surface area contributed by atoms with Gasteiger partial charge in [-0.15, -0.1) is 0 Å². The zero-order chi connectivity index (χ0) is 19.2. The minimum atomic E-state index is -0.261. The molecular weight excluding hydrogens is 362 g/mol. The van der Waals surface area contributed by atoms with Crippen molar-refractivity contribution in [3.05, 3.63) is 77.4 Å². The minimum Gasteiger partial charge on any atom is -0.495 e. The summed E-state index contributed by atoms with van der Waals surface area (Å²) in [6.07, 6.45) is 1.63. The van der Waals surface area contributed by atoms with E-state index in [0.717, 1.165) is 12.2 Å². The van der Waals surface area contributed by atoms with Crippen LogP contribution in [0.25, 0.3) is 0 Å². The number of aromatic nitrogens is 1. The molecule has 0 atom stereocenters. The van der Waals surface area contributed by atoms with Crippen molar-refractivity contribution in [3.8, 4) is 5.75 Å². The number of benzene rings is 2. The molecule has 1 N–H and O–H groups in total. The van der Waals surface area contributed by atoms with Crippen LogP contribution in [-0.2, 0) is 0 Å². The lowest BCUT2D eigenvalue weighted by atomic mass is 10.2. The summed E-state index contributed by atoms with van der Waals surface area (Å²) < 4.78 is 5.28. The van der Waals surface area contributed by atoms with E-state index < -0.39 is 0 Å². The van der Waals surface area contributed by atoms with Crippen LogP contribution in [0.2, 0.25) is 5.02 Å². The Balaban J connectivity index is 1.87. The van der Waals surface area contributed by atoms with Gasteiger partial charge in [0.05, 0.1) is 12.8 Å². The summed E-state index contributed by atoms with van der Waals surface area (Å²) in [5.41, 5.74) is 2.03. The number of amides is 1. The highest BCUT2D eigenvalue weighted by Crippen LogP contribution is 2.29. The molecule has 138 valence electrons. The highest BCUT2D eigenvalue weighted by atomic mass is 35.5. The van der Waals surface area contributed by atoms with Gasteiger partial charge in [0.15, 0.2) is 0 Å². The number of nitrogens with zero attached hydrogens (tertiary/aromatic N) is 2. The predicted octanol–water partition coefficient (Wildman–Crippen LogP) is 5.15. The Bertz CT molecular complexity index is 932. The minimum absolute atomic E-state index is 0.261. The number of pyridine rings is 1. The van der Waals surface area contributed by atoms with E-state index in [9.17, 15) is 4.79 Å². The average Bonchev–Trinajstić information content (AvgIpc) is 2.70. The molecule has 1 heterocycles. The zero-order valence-electron chi connectivity index (χ0n) is 15.1. The number of hydrogen-bond donors (Lipinski definition) is 1. The van der Waals surface area contributed by atoms with Gasteiger partial charge in [0.25, 0.3) is 5.91 Å². The van der Waals surface area contributed by atoms with Crippen molar-refractivity contribution in [2.45, 2.75) is 6.92 Å². The molecule has 27 heavy (non-hydrogen) atoms. The van der Waals surface area contributed by atoms with E-state index in [-0.39, 0.29) is 5.91 Å². The van der Waals surface area contributed by atoms with Gasteiger partial charge in [0.2, 0.25) is 0 Å². The summed E-state index contributed by atoms with van der Waals surface area (Å²) in [5.74, 6) is 0.985. The Morgan fingerprint density at radius 2 is 1.93 bits per heavy atom. The summed E-state index contributed by atoms with van der Waals surface area (Å²) in [7, 11) is 1.54. The van der Waals surface area contributed by atoms with Gasteiger partial charge in [-0.1, -0.05) is 29.8 Å². The van der Waals surface area contributed by atoms with Gasteiger partial charge in [0, 0.05) is 29.0 Å². The fourth-order valence-corrected chi connectivity index (χ4v) is 2.94. The number of anilines is 3. The van der Waals surface area contributed by atoms with Crippen molar-refractivity contribution in [2.75, 3.05) is 23.9 Å². The topological polar surface area (TPSA) is 54.5 Å². The van der Waals surface area contributed by atoms with E-state index in [2.05, 4.69) is 10.3 Å². The Morgan fingerprint density at radius 1 is 1.15 bits per heavy atom. The van der Waals surface area contributed by atoms with Crippen LogP contribution in [0.4, 0.5) is 17.2 Å². The Labute approximate surface area is 163 Å². The quantitative estimate of drug-likeness (QED) is 0.641. The van der Waals surface area contributed by atoms with E-state index in [4.69, 9.17) is 16.3 Å². The number of hydrogen-bond acceptors (Lipinski definition) is 4. The first-order valence-electron chi connectivity index (χ1n) is 8.56. The van der Waals surface area contributed by atoms with E-state index in [1.807, 2.05) is 42.2 Å². The second kappa shape index (κ2) is 8.56. The van der Waals surface area contributed by atoms with E-state index >= 15 is 0 Å². The summed E-state index contributed by atoms with van der Waals surface area (Å²) >= 11 is 6.03. The Kier molecular flexibility index (Phi) is 5.94. The van der Waals surface area contributed by atoms with Gasteiger partial charge in [0.1, 0.15) is 11.6 Å². The number of carbonyl (C=O) groups excluding carboxylic acids is 1. The first kappa shape index (κ1) is 18.7. The van der Waals surface area contributed by atoms with Crippen LogP contribution >= 0.6 is 11.6 Å². The normalized spacial score (nSPS) is 10.3. The van der Waals surface area contributed by atoms with Gasteiger partial charge >= 0.3 is 0 Å². The highest BCUT2D eigenvalue weighted by Gasteiger charge is 2.14. The van der Waals surface area contributed by atoms with Gasteiger partial charge in [-0.05, 0) is 49.4 Å². The van der Waals surface area contributed by atoms with Crippen LogP contribution in [-0.4, -0.2) is 24.5 Å². The molecule has 0 aliphatic carbocycles. The maximum atomic E-state index is 12.7. The molecule has 0 saturated heterocycles. The number of nitrogens with one attached hydrogen (secondary N) is 1. The highest BCUT2D eigenvalue weighted by molar-refractivity contribution is 6.31. The summed E-state index contributed by atoms with van der Waals surface area (Å²) in [6.45, 7) is 2.77. The largest absolute Gasteiger partial charge is 0.495 e. The van der Waals surface area contributed by atoms with E-state index in [0.29, 0.717) is 27.8 Å². The lowest BCUT2D eigenvalue weighted by Gasteiger charge is -2.22. The molecule has 0 aliphatic heterocycles. The maximum Gasteiger partial charge on any atom is 0.255 e. The third kappa shape index (κ3) is 4.38. The van der Waals surface area contributed by atoms with Gasteiger partial charge in [-0.3, -0.25) is 4.79 Å². The molecular formula is C21H20ClN3O2. The molecule has 0 aliphatic rings. The third-order valence-corrected chi connectivity index (χ3v) is 4.31. The SMILES string of the molecule is CCN(c1ccccc1)c1cc(C(=O)Nc2cc(Cl)ccc2OC)ccn1. The standard InChI is InChI=1S/C21H20ClN3O2/c1-3-25(17-7-5-4-6-8-17)20-13-15(11-12-23-20)21(26)24-18-14-16(22)9-10-19(18)27-2/h4-14H,3H2,1-2H3,(H,24,26). The van der Waals surface area contributed by atoms with Crippen LogP contribution in [0.5, 0.6) is 5.75 Å². The number of halogens is 1.